The number of hydrogen-bond donors (Lipinski definition) is 1. The molecule has 0 atom stereocenters. The van der Waals surface area contributed by atoms with E-state index in [1.54, 1.807) is 6.07 Å². The summed E-state index contributed by atoms with van der Waals surface area (Å²) in [5.41, 5.74) is 7.82. The quantitative estimate of drug-likeness (QED) is 0.654. The molecular weight excluding hydrogens is 240 g/mol. The van der Waals surface area contributed by atoms with Crippen LogP contribution in [0, 0.1) is 5.92 Å². The molecule has 1 fully saturated rings. The monoisotopic (exact) mass is 262 g/mol. The fraction of sp³-hybridized carbons (Fsp3) is 0.533. The first-order valence-corrected chi connectivity index (χ1v) is 6.77. The van der Waals surface area contributed by atoms with Crippen LogP contribution >= 0.6 is 0 Å². The molecule has 1 aliphatic carbocycles. The summed E-state index contributed by atoms with van der Waals surface area (Å²) >= 11 is 0. The minimum Gasteiger partial charge on any atom is -0.465 e. The minimum atomic E-state index is -0.375. The van der Waals surface area contributed by atoms with Crippen molar-refractivity contribution in [3.8, 4) is 0 Å². The van der Waals surface area contributed by atoms with Crippen LogP contribution in [0.25, 0.3) is 0 Å². The van der Waals surface area contributed by atoms with Crippen molar-refractivity contribution in [2.24, 2.45) is 5.92 Å². The Morgan fingerprint density at radius 3 is 2.68 bits per heavy atom. The zero-order valence-corrected chi connectivity index (χ0v) is 11.8. The average molecular weight is 262 g/mol. The molecule has 0 radical (unpaired) electrons. The first-order chi connectivity index (χ1) is 9.02. The number of anilines is 2. The van der Waals surface area contributed by atoms with Crippen LogP contribution in [-0.2, 0) is 4.74 Å². The smallest absolute Gasteiger partial charge is 0.340 e. The zero-order valence-electron chi connectivity index (χ0n) is 11.8. The Bertz CT molecular complexity index is 467. The first kappa shape index (κ1) is 13.7. The van der Waals surface area contributed by atoms with Crippen molar-refractivity contribution in [3.05, 3.63) is 23.8 Å². The number of carbonyl (C=O) groups is 1. The van der Waals surface area contributed by atoms with E-state index in [2.05, 4.69) is 18.7 Å². The van der Waals surface area contributed by atoms with Crippen LogP contribution in [0.15, 0.2) is 18.2 Å². The molecule has 19 heavy (non-hydrogen) atoms. The third-order valence-corrected chi connectivity index (χ3v) is 3.32. The molecule has 2 rings (SSSR count). The van der Waals surface area contributed by atoms with Crippen LogP contribution in [0.1, 0.15) is 37.0 Å². The maximum atomic E-state index is 11.7. The Balaban J connectivity index is 2.29. The highest BCUT2D eigenvalue weighted by molar-refractivity contribution is 5.96. The van der Waals surface area contributed by atoms with Crippen LogP contribution in [0.5, 0.6) is 0 Å². The summed E-state index contributed by atoms with van der Waals surface area (Å²) in [4.78, 5) is 14.1. The summed E-state index contributed by atoms with van der Waals surface area (Å²) in [6.45, 7) is 5.40. The number of esters is 1. The molecule has 4 heteroatoms. The lowest BCUT2D eigenvalue weighted by atomic mass is 10.1. The molecule has 1 aromatic carbocycles. The van der Waals surface area contributed by atoms with Crippen molar-refractivity contribution in [1.29, 1.82) is 0 Å². The Hall–Kier alpha value is -1.71. The molecule has 0 saturated heterocycles. The SMILES string of the molecule is COC(=O)c1cc(N(CC(C)C)C2CC2)ccc1N. The molecule has 1 aliphatic rings. The van der Waals surface area contributed by atoms with Gasteiger partial charge < -0.3 is 15.4 Å². The molecule has 0 aromatic heterocycles. The topological polar surface area (TPSA) is 55.6 Å². The molecule has 104 valence electrons. The van der Waals surface area contributed by atoms with Crippen molar-refractivity contribution in [3.63, 3.8) is 0 Å². The second kappa shape index (κ2) is 5.51. The lowest BCUT2D eigenvalue weighted by Crippen LogP contribution is -2.30. The van der Waals surface area contributed by atoms with E-state index in [1.165, 1.54) is 20.0 Å². The van der Waals surface area contributed by atoms with Gasteiger partial charge in [0.05, 0.1) is 12.7 Å². The van der Waals surface area contributed by atoms with E-state index in [0.29, 0.717) is 23.2 Å². The summed E-state index contributed by atoms with van der Waals surface area (Å²) in [6, 6.07) is 6.23. The lowest BCUT2D eigenvalue weighted by molar-refractivity contribution is 0.0602. The third kappa shape index (κ3) is 3.19. The largest absolute Gasteiger partial charge is 0.465 e. The highest BCUT2D eigenvalue weighted by atomic mass is 16.5. The second-order valence-electron chi connectivity index (χ2n) is 5.54. The van der Waals surface area contributed by atoms with Crippen LogP contribution in [0.4, 0.5) is 11.4 Å². The van der Waals surface area contributed by atoms with E-state index in [9.17, 15) is 4.79 Å². The van der Waals surface area contributed by atoms with Gasteiger partial charge in [0, 0.05) is 24.0 Å². The molecule has 1 aromatic rings. The number of rotatable bonds is 5. The summed E-state index contributed by atoms with van der Waals surface area (Å²) in [6.07, 6.45) is 2.45. The Kier molecular flexibility index (Phi) is 3.98. The second-order valence-corrected chi connectivity index (χ2v) is 5.54. The molecule has 4 nitrogen and oxygen atoms in total. The van der Waals surface area contributed by atoms with Crippen LogP contribution in [0.2, 0.25) is 0 Å². The van der Waals surface area contributed by atoms with Crippen molar-refractivity contribution in [2.75, 3.05) is 24.3 Å². The molecule has 0 spiro atoms. The number of nitrogens with zero attached hydrogens (tertiary/aromatic N) is 1. The standard InChI is InChI=1S/C15H22N2O2/c1-10(2)9-17(11-4-5-11)12-6-7-14(16)13(8-12)15(18)19-3/h6-8,10-11H,4-5,9,16H2,1-3H3. The number of methoxy groups -OCH3 is 1. The van der Waals surface area contributed by atoms with Gasteiger partial charge in [-0.1, -0.05) is 13.8 Å². The Morgan fingerprint density at radius 2 is 2.16 bits per heavy atom. The molecule has 0 aliphatic heterocycles. The van der Waals surface area contributed by atoms with Crippen LogP contribution in [-0.4, -0.2) is 25.7 Å². The molecule has 2 N–H and O–H groups in total. The number of nitrogens with two attached hydrogens (primary N) is 1. The average Bonchev–Trinajstić information content (AvgIpc) is 3.20. The van der Waals surface area contributed by atoms with Gasteiger partial charge in [0.15, 0.2) is 0 Å². The molecule has 0 bridgehead atoms. The zero-order chi connectivity index (χ0) is 14.0. The molecule has 1 saturated carbocycles. The minimum absolute atomic E-state index is 0.375. The van der Waals surface area contributed by atoms with Crippen LogP contribution < -0.4 is 10.6 Å². The summed E-state index contributed by atoms with van der Waals surface area (Å²) in [5, 5.41) is 0. The normalized spacial score (nSPS) is 14.5. The lowest BCUT2D eigenvalue weighted by Gasteiger charge is -2.27. The number of benzene rings is 1. The highest BCUT2D eigenvalue weighted by Gasteiger charge is 2.30. The van der Waals surface area contributed by atoms with Gasteiger partial charge in [0.1, 0.15) is 0 Å². The van der Waals surface area contributed by atoms with E-state index < -0.39 is 0 Å². The molecule has 0 amide bonds. The number of nitrogen functional groups attached to an aromatic ring is 1. The fourth-order valence-corrected chi connectivity index (χ4v) is 2.25. The first-order valence-electron chi connectivity index (χ1n) is 6.77. The molecular formula is C15H22N2O2. The van der Waals surface area contributed by atoms with Gasteiger partial charge in [-0.2, -0.15) is 0 Å². The van der Waals surface area contributed by atoms with Crippen molar-refractivity contribution in [2.45, 2.75) is 32.7 Å². The van der Waals surface area contributed by atoms with Crippen molar-refractivity contribution < 1.29 is 9.53 Å². The van der Waals surface area contributed by atoms with Gasteiger partial charge in [-0.15, -0.1) is 0 Å². The van der Waals surface area contributed by atoms with Gasteiger partial charge in [-0.25, -0.2) is 4.79 Å². The maximum Gasteiger partial charge on any atom is 0.340 e. The predicted molar refractivity (Wildman–Crippen MR) is 77.4 cm³/mol. The Morgan fingerprint density at radius 1 is 1.47 bits per heavy atom. The van der Waals surface area contributed by atoms with Crippen LogP contribution in [0.3, 0.4) is 0 Å². The van der Waals surface area contributed by atoms with Gasteiger partial charge in [0.25, 0.3) is 0 Å². The van der Waals surface area contributed by atoms with E-state index >= 15 is 0 Å². The van der Waals surface area contributed by atoms with E-state index in [0.717, 1.165) is 12.2 Å². The highest BCUT2D eigenvalue weighted by Crippen LogP contribution is 2.33. The van der Waals surface area contributed by atoms with Gasteiger partial charge in [-0.3, -0.25) is 0 Å². The molecule has 0 heterocycles. The van der Waals surface area contributed by atoms with E-state index in [1.807, 2.05) is 12.1 Å². The van der Waals surface area contributed by atoms with E-state index in [4.69, 9.17) is 10.5 Å². The van der Waals surface area contributed by atoms with Gasteiger partial charge in [-0.05, 0) is 37.0 Å². The molecule has 0 unspecified atom stereocenters. The maximum absolute atomic E-state index is 11.7. The predicted octanol–water partition coefficient (Wildman–Crippen LogP) is 2.68. The number of carbonyl (C=O) groups excluding carboxylic acids is 1. The Labute approximate surface area is 114 Å². The number of hydrogen-bond acceptors (Lipinski definition) is 4. The fourth-order valence-electron chi connectivity index (χ4n) is 2.25. The van der Waals surface area contributed by atoms with Gasteiger partial charge in [0.2, 0.25) is 0 Å². The van der Waals surface area contributed by atoms with Crippen molar-refractivity contribution >= 4 is 17.3 Å². The third-order valence-electron chi connectivity index (χ3n) is 3.32. The van der Waals surface area contributed by atoms with Crippen molar-refractivity contribution in [1.82, 2.24) is 0 Å². The van der Waals surface area contributed by atoms with E-state index in [-0.39, 0.29) is 5.97 Å². The van der Waals surface area contributed by atoms with Gasteiger partial charge >= 0.3 is 5.97 Å². The number of ether oxygens (including phenoxy) is 1. The summed E-state index contributed by atoms with van der Waals surface area (Å²) in [7, 11) is 1.38. The summed E-state index contributed by atoms with van der Waals surface area (Å²) < 4.78 is 4.77. The summed E-state index contributed by atoms with van der Waals surface area (Å²) in [5.74, 6) is 0.208.